The summed E-state index contributed by atoms with van der Waals surface area (Å²) in [7, 11) is 0. The molecule has 0 atom stereocenters. The number of rotatable bonds is 4. The van der Waals surface area contributed by atoms with Gasteiger partial charge in [-0.3, -0.25) is 4.79 Å². The highest BCUT2D eigenvalue weighted by molar-refractivity contribution is 5.78. The summed E-state index contributed by atoms with van der Waals surface area (Å²) in [5.74, 6) is -0.683. The van der Waals surface area contributed by atoms with E-state index >= 15 is 0 Å². The van der Waals surface area contributed by atoms with Crippen molar-refractivity contribution in [2.45, 2.75) is 37.4 Å². The van der Waals surface area contributed by atoms with Gasteiger partial charge in [0.1, 0.15) is 18.8 Å². The van der Waals surface area contributed by atoms with Gasteiger partial charge in [-0.25, -0.2) is 0 Å². The third-order valence-corrected chi connectivity index (χ3v) is 2.55. The van der Waals surface area contributed by atoms with Crippen molar-refractivity contribution >= 4 is 5.91 Å². The Hall–Kier alpha value is -1.29. The fraction of sp³-hybridized carbons (Fsp3) is 0.800. The molecule has 1 aliphatic carbocycles. The third-order valence-electron chi connectivity index (χ3n) is 2.55. The van der Waals surface area contributed by atoms with Crippen molar-refractivity contribution in [2.75, 3.05) is 13.2 Å². The lowest BCUT2D eigenvalue weighted by Crippen LogP contribution is -2.46. The molecule has 0 heterocycles. The van der Waals surface area contributed by atoms with Gasteiger partial charge in [-0.2, -0.15) is 18.4 Å². The summed E-state index contributed by atoms with van der Waals surface area (Å²) in [6.45, 7) is -2.14. The van der Waals surface area contributed by atoms with Gasteiger partial charge in [0.2, 0.25) is 5.91 Å². The molecule has 0 radical (unpaired) electrons. The van der Waals surface area contributed by atoms with Crippen LogP contribution in [-0.2, 0) is 9.53 Å². The Morgan fingerprint density at radius 2 is 2.00 bits per heavy atom. The number of nitriles is 1. The van der Waals surface area contributed by atoms with Gasteiger partial charge in [0.05, 0.1) is 6.07 Å². The zero-order chi connectivity index (χ0) is 12.9. The summed E-state index contributed by atoms with van der Waals surface area (Å²) in [5.41, 5.74) is -0.918. The Balaban J connectivity index is 2.32. The number of amides is 1. The van der Waals surface area contributed by atoms with Gasteiger partial charge < -0.3 is 10.1 Å². The average Bonchev–Trinajstić information content (AvgIpc) is 2.65. The van der Waals surface area contributed by atoms with Crippen LogP contribution in [0.2, 0.25) is 0 Å². The average molecular weight is 250 g/mol. The molecule has 1 rings (SSSR count). The van der Waals surface area contributed by atoms with Crippen molar-refractivity contribution < 1.29 is 22.7 Å². The quantitative estimate of drug-likeness (QED) is 0.822. The van der Waals surface area contributed by atoms with Crippen LogP contribution in [0, 0.1) is 11.3 Å². The van der Waals surface area contributed by atoms with Crippen LogP contribution in [-0.4, -0.2) is 30.8 Å². The smallest absolute Gasteiger partial charge is 0.362 e. The maximum atomic E-state index is 11.7. The number of alkyl halides is 3. The van der Waals surface area contributed by atoms with Crippen molar-refractivity contribution in [3.8, 4) is 6.07 Å². The molecule has 0 aromatic rings. The fourth-order valence-corrected chi connectivity index (χ4v) is 1.81. The third kappa shape index (κ3) is 4.61. The molecule has 0 saturated heterocycles. The molecule has 96 valence electrons. The number of hydrogen-bond acceptors (Lipinski definition) is 3. The van der Waals surface area contributed by atoms with Gasteiger partial charge in [-0.15, -0.1) is 0 Å². The van der Waals surface area contributed by atoms with Gasteiger partial charge in [-0.05, 0) is 25.7 Å². The van der Waals surface area contributed by atoms with E-state index in [1.165, 1.54) is 0 Å². The van der Waals surface area contributed by atoms with Crippen LogP contribution in [0.25, 0.3) is 0 Å². The molecule has 1 saturated carbocycles. The molecule has 1 amide bonds. The highest BCUT2D eigenvalue weighted by Crippen LogP contribution is 2.28. The molecule has 1 fully saturated rings. The van der Waals surface area contributed by atoms with E-state index in [0.717, 1.165) is 12.8 Å². The number of nitrogens with zero attached hydrogens (tertiary/aromatic N) is 1. The van der Waals surface area contributed by atoms with Crippen LogP contribution >= 0.6 is 0 Å². The van der Waals surface area contributed by atoms with Crippen LogP contribution in [0.1, 0.15) is 25.7 Å². The van der Waals surface area contributed by atoms with E-state index in [2.05, 4.69) is 10.1 Å². The van der Waals surface area contributed by atoms with E-state index in [4.69, 9.17) is 5.26 Å². The Kier molecular flexibility index (Phi) is 4.34. The minimum absolute atomic E-state index is 0.536. The van der Waals surface area contributed by atoms with E-state index in [0.29, 0.717) is 12.8 Å². The van der Waals surface area contributed by atoms with Crippen molar-refractivity contribution in [3.05, 3.63) is 0 Å². The number of hydrogen-bond donors (Lipinski definition) is 1. The lowest BCUT2D eigenvalue weighted by Gasteiger charge is -2.21. The second kappa shape index (κ2) is 5.36. The van der Waals surface area contributed by atoms with Crippen molar-refractivity contribution in [1.82, 2.24) is 5.32 Å². The first kappa shape index (κ1) is 13.8. The first-order valence-electron chi connectivity index (χ1n) is 5.24. The zero-order valence-corrected chi connectivity index (χ0v) is 9.14. The summed E-state index contributed by atoms with van der Waals surface area (Å²) in [5, 5.41) is 11.4. The Bertz CT molecular complexity index is 316. The first-order chi connectivity index (χ1) is 7.87. The molecule has 0 aromatic carbocycles. The maximum absolute atomic E-state index is 11.7. The number of ether oxygens (including phenoxy) is 1. The summed E-state index contributed by atoms with van der Waals surface area (Å²) in [6, 6.07) is 2.01. The maximum Gasteiger partial charge on any atom is 0.411 e. The second-order valence-electron chi connectivity index (χ2n) is 4.06. The Labute approximate surface area is 96.7 Å². The van der Waals surface area contributed by atoms with Crippen LogP contribution in [0.3, 0.4) is 0 Å². The number of nitrogens with one attached hydrogen (secondary N) is 1. The number of halogens is 3. The summed E-state index contributed by atoms with van der Waals surface area (Å²) < 4.78 is 39.4. The standard InChI is InChI=1S/C10H13F3N2O2/c11-10(12,13)7-17-5-8(16)15-9(6-14)3-1-2-4-9/h1-5,7H2,(H,15,16). The molecule has 4 nitrogen and oxygen atoms in total. The molecule has 0 unspecified atom stereocenters. The molecule has 0 bridgehead atoms. The van der Waals surface area contributed by atoms with Crippen LogP contribution in [0.5, 0.6) is 0 Å². The fourth-order valence-electron chi connectivity index (χ4n) is 1.81. The molecule has 1 aliphatic rings. The van der Waals surface area contributed by atoms with Crippen LogP contribution in [0.4, 0.5) is 13.2 Å². The second-order valence-corrected chi connectivity index (χ2v) is 4.06. The van der Waals surface area contributed by atoms with Gasteiger partial charge >= 0.3 is 6.18 Å². The molecule has 0 spiro atoms. The monoisotopic (exact) mass is 250 g/mol. The predicted molar refractivity (Wildman–Crippen MR) is 51.8 cm³/mol. The van der Waals surface area contributed by atoms with Gasteiger partial charge in [-0.1, -0.05) is 0 Å². The molecular weight excluding hydrogens is 237 g/mol. The zero-order valence-electron chi connectivity index (χ0n) is 9.14. The van der Waals surface area contributed by atoms with Gasteiger partial charge in [0.25, 0.3) is 0 Å². The predicted octanol–water partition coefficient (Wildman–Crippen LogP) is 1.52. The summed E-state index contributed by atoms with van der Waals surface area (Å²) >= 11 is 0. The SMILES string of the molecule is N#CC1(NC(=O)COCC(F)(F)F)CCCC1. The van der Waals surface area contributed by atoms with E-state index in [1.54, 1.807) is 0 Å². The normalized spacial score (nSPS) is 18.7. The number of carbonyl (C=O) groups is 1. The first-order valence-corrected chi connectivity index (χ1v) is 5.24. The summed E-state index contributed by atoms with van der Waals surface area (Å²) in [6.07, 6.45) is -1.71. The lowest BCUT2D eigenvalue weighted by atomic mass is 10.00. The van der Waals surface area contributed by atoms with Crippen molar-refractivity contribution in [1.29, 1.82) is 5.26 Å². The Morgan fingerprint density at radius 1 is 1.41 bits per heavy atom. The highest BCUT2D eigenvalue weighted by atomic mass is 19.4. The minimum atomic E-state index is -4.44. The molecule has 7 heteroatoms. The van der Waals surface area contributed by atoms with Crippen LogP contribution < -0.4 is 5.32 Å². The van der Waals surface area contributed by atoms with Crippen LogP contribution in [0.15, 0.2) is 0 Å². The summed E-state index contributed by atoms with van der Waals surface area (Å²) in [4.78, 5) is 11.3. The number of carbonyl (C=O) groups excluding carboxylic acids is 1. The van der Waals surface area contributed by atoms with Gasteiger partial charge in [0, 0.05) is 0 Å². The molecule has 0 aromatic heterocycles. The highest BCUT2D eigenvalue weighted by Gasteiger charge is 2.35. The van der Waals surface area contributed by atoms with E-state index in [-0.39, 0.29) is 0 Å². The Morgan fingerprint density at radius 3 is 2.47 bits per heavy atom. The van der Waals surface area contributed by atoms with E-state index < -0.39 is 30.8 Å². The van der Waals surface area contributed by atoms with Crippen molar-refractivity contribution in [2.24, 2.45) is 0 Å². The minimum Gasteiger partial charge on any atom is -0.362 e. The topological polar surface area (TPSA) is 62.1 Å². The van der Waals surface area contributed by atoms with Crippen molar-refractivity contribution in [3.63, 3.8) is 0 Å². The van der Waals surface area contributed by atoms with E-state index in [1.807, 2.05) is 6.07 Å². The molecule has 0 aliphatic heterocycles. The molecule has 1 N–H and O–H groups in total. The lowest BCUT2D eigenvalue weighted by molar-refractivity contribution is -0.175. The molecular formula is C10H13F3N2O2. The van der Waals surface area contributed by atoms with E-state index in [9.17, 15) is 18.0 Å². The molecule has 17 heavy (non-hydrogen) atoms. The largest absolute Gasteiger partial charge is 0.411 e. The van der Waals surface area contributed by atoms with Gasteiger partial charge in [0.15, 0.2) is 0 Å².